The lowest BCUT2D eigenvalue weighted by Gasteiger charge is -2.06. The summed E-state index contributed by atoms with van der Waals surface area (Å²) in [5.41, 5.74) is 5.60. The SMILES string of the molecule is Cc1cccc(NC(=O)C(=O)N/N=C/c2ccc(OCc3ccccc3)cc2)c1. The molecule has 0 saturated heterocycles. The van der Waals surface area contributed by atoms with Gasteiger partial charge in [-0.3, -0.25) is 9.59 Å². The third kappa shape index (κ3) is 6.32. The molecule has 0 heterocycles. The predicted molar refractivity (Wildman–Crippen MR) is 113 cm³/mol. The van der Waals surface area contributed by atoms with Crippen LogP contribution in [0.25, 0.3) is 0 Å². The molecule has 0 aliphatic heterocycles. The number of nitrogens with one attached hydrogen (secondary N) is 2. The Hall–Kier alpha value is -3.93. The van der Waals surface area contributed by atoms with Gasteiger partial charge in [-0.15, -0.1) is 0 Å². The molecule has 2 N–H and O–H groups in total. The summed E-state index contributed by atoms with van der Waals surface area (Å²) in [7, 11) is 0. The Morgan fingerprint density at radius 2 is 1.69 bits per heavy atom. The van der Waals surface area contributed by atoms with Gasteiger partial charge in [-0.1, -0.05) is 42.5 Å². The van der Waals surface area contributed by atoms with E-state index < -0.39 is 11.8 Å². The standard InChI is InChI=1S/C23H21N3O3/c1-17-6-5-9-20(14-17)25-22(27)23(28)26-24-15-18-10-12-21(13-11-18)29-16-19-7-3-2-4-8-19/h2-15H,16H2,1H3,(H,25,27)(H,26,28)/b24-15+. The summed E-state index contributed by atoms with van der Waals surface area (Å²) in [6.45, 7) is 2.39. The Kier molecular flexibility index (Phi) is 6.73. The molecule has 146 valence electrons. The van der Waals surface area contributed by atoms with Crippen molar-refractivity contribution in [3.63, 3.8) is 0 Å². The van der Waals surface area contributed by atoms with Crippen molar-refractivity contribution in [2.75, 3.05) is 5.32 Å². The fourth-order valence-corrected chi connectivity index (χ4v) is 2.52. The maximum absolute atomic E-state index is 11.9. The van der Waals surface area contributed by atoms with Gasteiger partial charge in [0, 0.05) is 5.69 Å². The van der Waals surface area contributed by atoms with Crippen molar-refractivity contribution < 1.29 is 14.3 Å². The number of anilines is 1. The van der Waals surface area contributed by atoms with Crippen molar-refractivity contribution in [2.24, 2.45) is 5.10 Å². The van der Waals surface area contributed by atoms with Crippen LogP contribution in [0, 0.1) is 6.92 Å². The summed E-state index contributed by atoms with van der Waals surface area (Å²) in [4.78, 5) is 23.7. The monoisotopic (exact) mass is 387 g/mol. The number of carbonyl (C=O) groups excluding carboxylic acids is 2. The van der Waals surface area contributed by atoms with Crippen molar-refractivity contribution in [1.29, 1.82) is 0 Å². The Morgan fingerprint density at radius 3 is 2.41 bits per heavy atom. The molecule has 0 atom stereocenters. The first kappa shape index (κ1) is 19.8. The number of carbonyl (C=O) groups is 2. The minimum Gasteiger partial charge on any atom is -0.489 e. The number of hydrazone groups is 1. The van der Waals surface area contributed by atoms with Gasteiger partial charge in [0.05, 0.1) is 6.21 Å². The van der Waals surface area contributed by atoms with E-state index in [2.05, 4.69) is 15.8 Å². The zero-order valence-corrected chi connectivity index (χ0v) is 16.0. The molecule has 0 aromatic heterocycles. The van der Waals surface area contributed by atoms with Crippen LogP contribution < -0.4 is 15.5 Å². The van der Waals surface area contributed by atoms with E-state index in [-0.39, 0.29) is 0 Å². The summed E-state index contributed by atoms with van der Waals surface area (Å²) >= 11 is 0. The number of benzene rings is 3. The predicted octanol–water partition coefficient (Wildman–Crippen LogP) is 3.66. The number of rotatable bonds is 6. The molecule has 0 spiro atoms. The highest BCUT2D eigenvalue weighted by atomic mass is 16.5. The molecule has 2 amide bonds. The number of amides is 2. The van der Waals surface area contributed by atoms with Gasteiger partial charge in [-0.2, -0.15) is 5.10 Å². The lowest BCUT2D eigenvalue weighted by molar-refractivity contribution is -0.136. The summed E-state index contributed by atoms with van der Waals surface area (Å²) < 4.78 is 5.72. The van der Waals surface area contributed by atoms with Crippen molar-refractivity contribution in [3.8, 4) is 5.75 Å². The van der Waals surface area contributed by atoms with Gasteiger partial charge in [0.2, 0.25) is 0 Å². The van der Waals surface area contributed by atoms with Crippen molar-refractivity contribution in [3.05, 3.63) is 95.6 Å². The fraction of sp³-hybridized carbons (Fsp3) is 0.0870. The average molecular weight is 387 g/mol. The molecule has 0 radical (unpaired) electrons. The number of hydrogen-bond acceptors (Lipinski definition) is 4. The van der Waals surface area contributed by atoms with Crippen LogP contribution >= 0.6 is 0 Å². The largest absolute Gasteiger partial charge is 0.489 e. The zero-order valence-electron chi connectivity index (χ0n) is 16.0. The molecule has 3 rings (SSSR count). The van der Waals surface area contributed by atoms with Gasteiger partial charge in [0.1, 0.15) is 12.4 Å². The smallest absolute Gasteiger partial charge is 0.329 e. The third-order valence-corrected chi connectivity index (χ3v) is 3.99. The van der Waals surface area contributed by atoms with E-state index in [1.165, 1.54) is 6.21 Å². The van der Waals surface area contributed by atoms with E-state index in [9.17, 15) is 9.59 Å². The second-order valence-electron chi connectivity index (χ2n) is 6.37. The van der Waals surface area contributed by atoms with Crippen LogP contribution in [0.1, 0.15) is 16.7 Å². The van der Waals surface area contributed by atoms with Crippen molar-refractivity contribution in [2.45, 2.75) is 13.5 Å². The molecule has 0 saturated carbocycles. The van der Waals surface area contributed by atoms with Crippen LogP contribution in [0.2, 0.25) is 0 Å². The molecule has 3 aromatic rings. The van der Waals surface area contributed by atoms with Crippen LogP contribution in [0.15, 0.2) is 84.0 Å². The maximum Gasteiger partial charge on any atom is 0.329 e. The molecular formula is C23H21N3O3. The molecule has 0 aliphatic carbocycles. The molecule has 6 nitrogen and oxygen atoms in total. The summed E-state index contributed by atoms with van der Waals surface area (Å²) in [6.07, 6.45) is 1.46. The van der Waals surface area contributed by atoms with Gasteiger partial charge in [0.15, 0.2) is 0 Å². The molecule has 0 fully saturated rings. The molecule has 0 aliphatic rings. The molecule has 29 heavy (non-hydrogen) atoms. The normalized spacial score (nSPS) is 10.5. The minimum absolute atomic E-state index is 0.486. The Balaban J connectivity index is 1.47. The lowest BCUT2D eigenvalue weighted by atomic mass is 10.2. The molecule has 0 bridgehead atoms. The second kappa shape index (κ2) is 9.85. The van der Waals surface area contributed by atoms with E-state index in [0.29, 0.717) is 12.3 Å². The second-order valence-corrected chi connectivity index (χ2v) is 6.37. The van der Waals surface area contributed by atoms with Gasteiger partial charge < -0.3 is 10.1 Å². The van der Waals surface area contributed by atoms with E-state index >= 15 is 0 Å². The van der Waals surface area contributed by atoms with Gasteiger partial charge in [-0.25, -0.2) is 5.43 Å². The quantitative estimate of drug-likeness (QED) is 0.385. The number of ether oxygens (including phenoxy) is 1. The first-order chi connectivity index (χ1) is 14.1. The topological polar surface area (TPSA) is 79.8 Å². The molecule has 6 heteroatoms. The zero-order chi connectivity index (χ0) is 20.5. The average Bonchev–Trinajstić information content (AvgIpc) is 2.74. The number of aryl methyl sites for hydroxylation is 1. The first-order valence-electron chi connectivity index (χ1n) is 9.08. The van der Waals surface area contributed by atoms with Crippen LogP contribution in [0.4, 0.5) is 5.69 Å². The van der Waals surface area contributed by atoms with Gasteiger partial charge in [0.25, 0.3) is 0 Å². The van der Waals surface area contributed by atoms with Crippen LogP contribution in [-0.4, -0.2) is 18.0 Å². The summed E-state index contributed by atoms with van der Waals surface area (Å²) in [5, 5.41) is 6.34. The van der Waals surface area contributed by atoms with E-state index in [0.717, 1.165) is 22.4 Å². The Labute approximate surface area is 169 Å². The highest BCUT2D eigenvalue weighted by molar-refractivity contribution is 6.39. The Bertz CT molecular complexity index is 999. The lowest BCUT2D eigenvalue weighted by Crippen LogP contribution is -2.32. The Morgan fingerprint density at radius 1 is 0.931 bits per heavy atom. The van der Waals surface area contributed by atoms with E-state index in [1.807, 2.05) is 67.6 Å². The van der Waals surface area contributed by atoms with Gasteiger partial charge in [-0.05, 0) is 60.0 Å². The molecule has 3 aromatic carbocycles. The molecule has 0 unspecified atom stereocenters. The van der Waals surface area contributed by atoms with Crippen LogP contribution in [0.5, 0.6) is 5.75 Å². The van der Waals surface area contributed by atoms with Gasteiger partial charge >= 0.3 is 11.8 Å². The first-order valence-corrected chi connectivity index (χ1v) is 9.08. The summed E-state index contributed by atoms with van der Waals surface area (Å²) in [6, 6.07) is 24.3. The van der Waals surface area contributed by atoms with Crippen molar-refractivity contribution >= 4 is 23.7 Å². The fourth-order valence-electron chi connectivity index (χ4n) is 2.52. The maximum atomic E-state index is 11.9. The number of nitrogens with zero attached hydrogens (tertiary/aromatic N) is 1. The van der Waals surface area contributed by atoms with Crippen LogP contribution in [0.3, 0.4) is 0 Å². The van der Waals surface area contributed by atoms with E-state index in [4.69, 9.17) is 4.74 Å². The third-order valence-electron chi connectivity index (χ3n) is 3.99. The highest BCUT2D eigenvalue weighted by Crippen LogP contribution is 2.13. The molecular weight excluding hydrogens is 366 g/mol. The minimum atomic E-state index is -0.842. The summed E-state index contributed by atoms with van der Waals surface area (Å²) in [5.74, 6) is -0.893. The highest BCUT2D eigenvalue weighted by Gasteiger charge is 2.12. The number of hydrogen-bond donors (Lipinski definition) is 2. The van der Waals surface area contributed by atoms with Crippen LogP contribution in [-0.2, 0) is 16.2 Å². The van der Waals surface area contributed by atoms with E-state index in [1.54, 1.807) is 18.2 Å². The van der Waals surface area contributed by atoms with Crippen molar-refractivity contribution in [1.82, 2.24) is 5.43 Å².